The molecule has 0 aliphatic carbocycles. The summed E-state index contributed by atoms with van der Waals surface area (Å²) >= 11 is 0. The molecule has 0 aromatic rings. The maximum absolute atomic E-state index is 12.7. The third kappa shape index (κ3) is 2.19. The summed E-state index contributed by atoms with van der Waals surface area (Å²) in [4.78, 5) is 0. The van der Waals surface area contributed by atoms with Gasteiger partial charge >= 0.3 is 0 Å². The first-order chi connectivity index (χ1) is 5.57. The number of rotatable bonds is 2. The second-order valence-corrected chi connectivity index (χ2v) is 4.78. The molecule has 1 aliphatic rings. The molecule has 0 saturated carbocycles. The van der Waals surface area contributed by atoms with Crippen LogP contribution < -0.4 is 5.32 Å². The minimum Gasteiger partial charge on any atom is -0.316 e. The van der Waals surface area contributed by atoms with Gasteiger partial charge in [0.25, 0.3) is 0 Å². The highest BCUT2D eigenvalue weighted by atomic mass is 19.1. The summed E-state index contributed by atoms with van der Waals surface area (Å²) in [6, 6.07) is 0. The van der Waals surface area contributed by atoms with Crippen LogP contribution in [0.4, 0.5) is 4.39 Å². The fourth-order valence-electron chi connectivity index (χ4n) is 1.91. The molecular weight excluding hydrogens is 153 g/mol. The molecule has 1 rings (SSSR count). The third-order valence-electron chi connectivity index (χ3n) is 2.98. The highest BCUT2D eigenvalue weighted by Gasteiger charge is 2.33. The lowest BCUT2D eigenvalue weighted by Gasteiger charge is -2.38. The van der Waals surface area contributed by atoms with Crippen molar-refractivity contribution in [1.29, 1.82) is 0 Å². The molecule has 12 heavy (non-hydrogen) atoms. The third-order valence-corrected chi connectivity index (χ3v) is 2.98. The quantitative estimate of drug-likeness (QED) is 0.675. The summed E-state index contributed by atoms with van der Waals surface area (Å²) in [6.07, 6.45) is 1.04. The Morgan fingerprint density at radius 3 is 2.75 bits per heavy atom. The van der Waals surface area contributed by atoms with Gasteiger partial charge in [-0.25, -0.2) is 0 Å². The molecule has 1 aliphatic heterocycles. The van der Waals surface area contributed by atoms with Crippen molar-refractivity contribution in [3.63, 3.8) is 0 Å². The molecule has 0 aromatic heterocycles. The number of hydrogen-bond donors (Lipinski definition) is 1. The second-order valence-electron chi connectivity index (χ2n) is 4.78. The van der Waals surface area contributed by atoms with E-state index in [2.05, 4.69) is 19.2 Å². The Morgan fingerprint density at radius 1 is 1.58 bits per heavy atom. The Labute approximate surface area is 74.7 Å². The van der Waals surface area contributed by atoms with E-state index in [1.54, 1.807) is 0 Å². The van der Waals surface area contributed by atoms with E-state index in [9.17, 15) is 4.39 Å². The number of piperidine rings is 1. The molecule has 2 heteroatoms. The molecule has 1 N–H and O–H groups in total. The molecule has 1 unspecified atom stereocenters. The summed E-state index contributed by atoms with van der Waals surface area (Å²) in [5, 5.41) is 3.32. The monoisotopic (exact) mass is 173 g/mol. The van der Waals surface area contributed by atoms with Gasteiger partial charge in [0.05, 0.1) is 6.67 Å². The van der Waals surface area contributed by atoms with E-state index in [4.69, 9.17) is 0 Å². The van der Waals surface area contributed by atoms with Gasteiger partial charge in [0, 0.05) is 12.0 Å². The van der Waals surface area contributed by atoms with Crippen LogP contribution in [0.25, 0.3) is 0 Å². The van der Waals surface area contributed by atoms with Crippen LogP contribution >= 0.6 is 0 Å². The molecule has 1 nitrogen and oxygen atoms in total. The van der Waals surface area contributed by atoms with Crippen LogP contribution in [-0.4, -0.2) is 19.8 Å². The van der Waals surface area contributed by atoms with E-state index in [1.165, 1.54) is 0 Å². The first kappa shape index (κ1) is 9.97. The predicted molar refractivity (Wildman–Crippen MR) is 49.9 cm³/mol. The molecule has 1 saturated heterocycles. The minimum absolute atomic E-state index is 0.104. The first-order valence-corrected chi connectivity index (χ1v) is 4.84. The highest BCUT2D eigenvalue weighted by Crippen LogP contribution is 2.32. The van der Waals surface area contributed by atoms with Gasteiger partial charge in [0.15, 0.2) is 0 Å². The van der Waals surface area contributed by atoms with Gasteiger partial charge in [-0.05, 0) is 24.8 Å². The van der Waals surface area contributed by atoms with E-state index in [0.717, 1.165) is 19.5 Å². The fraction of sp³-hybridized carbons (Fsp3) is 1.00. The maximum Gasteiger partial charge on any atom is 0.0960 e. The molecule has 1 fully saturated rings. The fourth-order valence-corrected chi connectivity index (χ4v) is 1.91. The number of nitrogens with one attached hydrogen (secondary N) is 1. The van der Waals surface area contributed by atoms with Crippen molar-refractivity contribution in [3.8, 4) is 0 Å². The second kappa shape index (κ2) is 3.73. The van der Waals surface area contributed by atoms with Crippen LogP contribution in [0.1, 0.15) is 27.2 Å². The SMILES string of the molecule is CC(C)C1CNC[C@](C)(CF)C1. The average Bonchev–Trinajstić information content (AvgIpc) is 2.05. The lowest BCUT2D eigenvalue weighted by Crippen LogP contribution is -2.45. The van der Waals surface area contributed by atoms with Crippen molar-refractivity contribution in [2.24, 2.45) is 17.3 Å². The van der Waals surface area contributed by atoms with Crippen LogP contribution in [-0.2, 0) is 0 Å². The van der Waals surface area contributed by atoms with Crippen LogP contribution in [0.5, 0.6) is 0 Å². The summed E-state index contributed by atoms with van der Waals surface area (Å²) in [7, 11) is 0. The summed E-state index contributed by atoms with van der Waals surface area (Å²) in [5.74, 6) is 1.32. The zero-order valence-corrected chi connectivity index (χ0v) is 8.36. The van der Waals surface area contributed by atoms with Crippen molar-refractivity contribution in [2.75, 3.05) is 19.8 Å². The van der Waals surface area contributed by atoms with Gasteiger partial charge < -0.3 is 5.32 Å². The minimum atomic E-state index is -0.191. The van der Waals surface area contributed by atoms with Crippen molar-refractivity contribution in [3.05, 3.63) is 0 Å². The van der Waals surface area contributed by atoms with Gasteiger partial charge in [0.2, 0.25) is 0 Å². The van der Waals surface area contributed by atoms with Gasteiger partial charge in [-0.15, -0.1) is 0 Å². The van der Waals surface area contributed by atoms with E-state index in [1.807, 2.05) is 6.92 Å². The van der Waals surface area contributed by atoms with E-state index in [0.29, 0.717) is 11.8 Å². The Morgan fingerprint density at radius 2 is 2.25 bits per heavy atom. The zero-order valence-electron chi connectivity index (χ0n) is 8.36. The molecular formula is C10H20FN. The molecule has 0 radical (unpaired) electrons. The zero-order chi connectivity index (χ0) is 9.19. The molecule has 0 aromatic carbocycles. The largest absolute Gasteiger partial charge is 0.316 e. The molecule has 2 atom stereocenters. The summed E-state index contributed by atoms with van der Waals surface area (Å²) < 4.78 is 12.7. The Hall–Kier alpha value is -0.110. The normalized spacial score (nSPS) is 37.2. The number of hydrogen-bond acceptors (Lipinski definition) is 1. The molecule has 0 amide bonds. The van der Waals surface area contributed by atoms with Gasteiger partial charge in [-0.3, -0.25) is 4.39 Å². The van der Waals surface area contributed by atoms with Gasteiger partial charge in [-0.2, -0.15) is 0 Å². The van der Waals surface area contributed by atoms with Crippen LogP contribution in [0.15, 0.2) is 0 Å². The van der Waals surface area contributed by atoms with E-state index in [-0.39, 0.29) is 12.1 Å². The Bertz CT molecular complexity index is 147. The average molecular weight is 173 g/mol. The first-order valence-electron chi connectivity index (χ1n) is 4.84. The molecule has 72 valence electrons. The molecule has 1 heterocycles. The predicted octanol–water partition coefficient (Wildman–Crippen LogP) is 2.23. The number of alkyl halides is 1. The van der Waals surface area contributed by atoms with Gasteiger partial charge in [0.1, 0.15) is 0 Å². The van der Waals surface area contributed by atoms with Crippen molar-refractivity contribution in [1.82, 2.24) is 5.32 Å². The van der Waals surface area contributed by atoms with Crippen LogP contribution in [0.2, 0.25) is 0 Å². The number of halogens is 1. The summed E-state index contributed by atoms with van der Waals surface area (Å²) in [5.41, 5.74) is -0.104. The van der Waals surface area contributed by atoms with Crippen molar-refractivity contribution >= 4 is 0 Å². The smallest absolute Gasteiger partial charge is 0.0960 e. The molecule has 0 bridgehead atoms. The van der Waals surface area contributed by atoms with E-state index < -0.39 is 0 Å². The lowest BCUT2D eigenvalue weighted by atomic mass is 9.75. The van der Waals surface area contributed by atoms with Gasteiger partial charge in [-0.1, -0.05) is 20.8 Å². The Kier molecular flexibility index (Phi) is 3.10. The van der Waals surface area contributed by atoms with Crippen LogP contribution in [0.3, 0.4) is 0 Å². The Balaban J connectivity index is 2.51. The van der Waals surface area contributed by atoms with Crippen molar-refractivity contribution < 1.29 is 4.39 Å². The maximum atomic E-state index is 12.7. The lowest BCUT2D eigenvalue weighted by molar-refractivity contribution is 0.115. The molecule has 0 spiro atoms. The highest BCUT2D eigenvalue weighted by molar-refractivity contribution is 4.86. The topological polar surface area (TPSA) is 12.0 Å². The van der Waals surface area contributed by atoms with Crippen LogP contribution in [0, 0.1) is 17.3 Å². The standard InChI is InChI=1S/C10H20FN/c1-8(2)9-4-10(3,6-11)7-12-5-9/h8-9,12H,4-7H2,1-3H3/t9?,10-/m0/s1. The summed E-state index contributed by atoms with van der Waals surface area (Å²) in [6.45, 7) is 8.18. The van der Waals surface area contributed by atoms with Crippen molar-refractivity contribution in [2.45, 2.75) is 27.2 Å². The van der Waals surface area contributed by atoms with E-state index >= 15 is 0 Å².